The maximum Gasteiger partial charge on any atom is 0.321 e. The topological polar surface area (TPSA) is 118 Å². The fourth-order valence-corrected chi connectivity index (χ4v) is 4.36. The summed E-state index contributed by atoms with van der Waals surface area (Å²) in [6.07, 6.45) is -0.742. The number of benzene rings is 1. The van der Waals surface area contributed by atoms with Crippen molar-refractivity contribution in [2.75, 3.05) is 65.0 Å². The lowest BCUT2D eigenvalue weighted by molar-refractivity contribution is -0.0144. The van der Waals surface area contributed by atoms with Gasteiger partial charge in [0.25, 0.3) is 0 Å². The van der Waals surface area contributed by atoms with E-state index in [4.69, 9.17) is 14.2 Å². The molecule has 0 saturated carbocycles. The van der Waals surface area contributed by atoms with Gasteiger partial charge in [0.2, 0.25) is 10.0 Å². The van der Waals surface area contributed by atoms with Gasteiger partial charge in [-0.3, -0.25) is 0 Å². The molecule has 1 saturated heterocycles. The number of rotatable bonds is 11. The number of aliphatic hydroxyl groups excluding tert-OH is 1. The zero-order valence-electron chi connectivity index (χ0n) is 18.3. The van der Waals surface area contributed by atoms with Crippen LogP contribution in [0.15, 0.2) is 29.2 Å². The summed E-state index contributed by atoms with van der Waals surface area (Å²) in [6, 6.07) is 5.63. The zero-order chi connectivity index (χ0) is 22.9. The first kappa shape index (κ1) is 25.5. The van der Waals surface area contributed by atoms with E-state index in [1.54, 1.807) is 12.1 Å². The van der Waals surface area contributed by atoms with Crippen molar-refractivity contribution in [3.63, 3.8) is 0 Å². The molecule has 1 aliphatic rings. The summed E-state index contributed by atoms with van der Waals surface area (Å²) in [7, 11) is -2.12. The Balaban J connectivity index is 1.85. The van der Waals surface area contributed by atoms with Crippen molar-refractivity contribution in [3.8, 4) is 0 Å². The third-order valence-corrected chi connectivity index (χ3v) is 6.41. The van der Waals surface area contributed by atoms with E-state index in [-0.39, 0.29) is 24.2 Å². The van der Waals surface area contributed by atoms with Crippen LogP contribution in [-0.4, -0.2) is 101 Å². The summed E-state index contributed by atoms with van der Waals surface area (Å²) in [5.41, 5.74) is 0.350. The van der Waals surface area contributed by atoms with E-state index in [1.165, 1.54) is 28.4 Å². The van der Waals surface area contributed by atoms with Crippen LogP contribution in [0.2, 0.25) is 0 Å². The molecule has 1 atom stereocenters. The van der Waals surface area contributed by atoms with Crippen LogP contribution >= 0.6 is 0 Å². The predicted octanol–water partition coefficient (Wildman–Crippen LogP) is 0.974. The summed E-state index contributed by atoms with van der Waals surface area (Å²) in [5.74, 6) is 0. The Labute approximate surface area is 184 Å². The van der Waals surface area contributed by atoms with E-state index in [0.29, 0.717) is 45.2 Å². The standard InChI is InChI=1S/C20H33N3O7S/c1-16(2)30-12-11-29-15-18(24)14-22(3)20(25)21-17-5-4-6-19(13-17)31(26,27)23-7-9-28-10-8-23/h4-6,13,16,18,24H,7-12,14-15H2,1-3H3,(H,21,25). The summed E-state index contributed by atoms with van der Waals surface area (Å²) in [5, 5.41) is 12.7. The van der Waals surface area contributed by atoms with Gasteiger partial charge in [0.1, 0.15) is 0 Å². The number of urea groups is 1. The molecule has 1 unspecified atom stereocenters. The van der Waals surface area contributed by atoms with Gasteiger partial charge in [-0.05, 0) is 32.0 Å². The number of sulfonamides is 1. The number of likely N-dealkylation sites (N-methyl/N-ethyl adjacent to an activating group) is 1. The second-order valence-corrected chi connectivity index (χ2v) is 9.44. The van der Waals surface area contributed by atoms with Gasteiger partial charge in [-0.2, -0.15) is 4.31 Å². The highest BCUT2D eigenvalue weighted by molar-refractivity contribution is 7.89. The molecule has 1 aromatic carbocycles. The number of carbonyl (C=O) groups is 1. The van der Waals surface area contributed by atoms with Crippen LogP contribution in [0, 0.1) is 0 Å². The van der Waals surface area contributed by atoms with E-state index < -0.39 is 22.2 Å². The van der Waals surface area contributed by atoms with Crippen molar-refractivity contribution in [1.29, 1.82) is 0 Å². The highest BCUT2D eigenvalue weighted by Crippen LogP contribution is 2.20. The third kappa shape index (κ3) is 8.36. The van der Waals surface area contributed by atoms with E-state index in [2.05, 4.69) is 5.32 Å². The molecule has 11 heteroatoms. The third-order valence-electron chi connectivity index (χ3n) is 4.51. The molecule has 1 heterocycles. The van der Waals surface area contributed by atoms with E-state index in [0.717, 1.165) is 0 Å². The zero-order valence-corrected chi connectivity index (χ0v) is 19.1. The minimum Gasteiger partial charge on any atom is -0.389 e. The highest BCUT2D eigenvalue weighted by atomic mass is 32.2. The Bertz CT molecular complexity index is 798. The number of nitrogens with one attached hydrogen (secondary N) is 1. The molecular formula is C20H33N3O7S. The second-order valence-electron chi connectivity index (χ2n) is 7.50. The first-order chi connectivity index (χ1) is 14.7. The monoisotopic (exact) mass is 459 g/mol. The molecule has 1 aliphatic heterocycles. The Hall–Kier alpha value is -1.76. The van der Waals surface area contributed by atoms with Crippen LogP contribution in [0.1, 0.15) is 13.8 Å². The first-order valence-electron chi connectivity index (χ1n) is 10.3. The van der Waals surface area contributed by atoms with Crippen LogP contribution in [0.4, 0.5) is 10.5 Å². The number of ether oxygens (including phenoxy) is 3. The molecule has 2 rings (SSSR count). The Morgan fingerprint density at radius 1 is 1.29 bits per heavy atom. The van der Waals surface area contributed by atoms with Gasteiger partial charge in [0.05, 0.1) is 56.7 Å². The van der Waals surface area contributed by atoms with Gasteiger partial charge < -0.3 is 29.5 Å². The van der Waals surface area contributed by atoms with Gasteiger partial charge in [-0.15, -0.1) is 0 Å². The van der Waals surface area contributed by atoms with Gasteiger partial charge in [0, 0.05) is 25.8 Å². The van der Waals surface area contributed by atoms with E-state index in [1.807, 2.05) is 13.8 Å². The quantitative estimate of drug-likeness (QED) is 0.474. The predicted molar refractivity (Wildman–Crippen MR) is 116 cm³/mol. The van der Waals surface area contributed by atoms with Crippen molar-refractivity contribution in [2.24, 2.45) is 0 Å². The van der Waals surface area contributed by atoms with Gasteiger partial charge in [0.15, 0.2) is 0 Å². The lowest BCUT2D eigenvalue weighted by Crippen LogP contribution is -2.40. The molecule has 0 aromatic heterocycles. The van der Waals surface area contributed by atoms with Gasteiger partial charge >= 0.3 is 6.03 Å². The minimum atomic E-state index is -3.66. The molecule has 1 fully saturated rings. The average molecular weight is 460 g/mol. The Morgan fingerprint density at radius 2 is 2.00 bits per heavy atom. The molecule has 2 amide bonds. The van der Waals surface area contributed by atoms with E-state index >= 15 is 0 Å². The highest BCUT2D eigenvalue weighted by Gasteiger charge is 2.26. The number of morpholine rings is 1. The number of carbonyl (C=O) groups excluding carboxylic acids is 1. The Morgan fingerprint density at radius 3 is 2.68 bits per heavy atom. The molecule has 1 aromatic rings. The van der Waals surface area contributed by atoms with Crippen LogP contribution in [0.3, 0.4) is 0 Å². The molecule has 2 N–H and O–H groups in total. The van der Waals surface area contributed by atoms with Crippen molar-refractivity contribution < 1.29 is 32.5 Å². The number of anilines is 1. The molecule has 0 bridgehead atoms. The lowest BCUT2D eigenvalue weighted by Gasteiger charge is -2.26. The van der Waals surface area contributed by atoms with Gasteiger partial charge in [-0.25, -0.2) is 13.2 Å². The fourth-order valence-electron chi connectivity index (χ4n) is 2.90. The smallest absolute Gasteiger partial charge is 0.321 e. The number of amides is 2. The van der Waals surface area contributed by atoms with Crippen molar-refractivity contribution in [1.82, 2.24) is 9.21 Å². The molecule has 10 nitrogen and oxygen atoms in total. The summed E-state index contributed by atoms with van der Waals surface area (Å²) in [4.78, 5) is 13.8. The molecule has 0 spiro atoms. The minimum absolute atomic E-state index is 0.0582. The first-order valence-corrected chi connectivity index (χ1v) is 11.7. The summed E-state index contributed by atoms with van der Waals surface area (Å²) < 4.78 is 42.8. The fraction of sp³-hybridized carbons (Fsp3) is 0.650. The molecule has 176 valence electrons. The number of hydrogen-bond acceptors (Lipinski definition) is 7. The second kappa shape index (κ2) is 12.3. The van der Waals surface area contributed by atoms with Crippen LogP contribution in [-0.2, 0) is 24.2 Å². The SMILES string of the molecule is CC(C)OCCOCC(O)CN(C)C(=O)Nc1cccc(S(=O)(=O)N2CCOCC2)c1. The number of hydrogen-bond donors (Lipinski definition) is 2. The van der Waals surface area contributed by atoms with Crippen molar-refractivity contribution >= 4 is 21.7 Å². The maximum absolute atomic E-state index is 12.8. The lowest BCUT2D eigenvalue weighted by atomic mass is 10.3. The molecule has 0 aliphatic carbocycles. The summed E-state index contributed by atoms with van der Waals surface area (Å²) in [6.45, 7) is 6.09. The summed E-state index contributed by atoms with van der Waals surface area (Å²) >= 11 is 0. The van der Waals surface area contributed by atoms with Crippen molar-refractivity contribution in [2.45, 2.75) is 31.0 Å². The molecule has 31 heavy (non-hydrogen) atoms. The Kier molecular flexibility index (Phi) is 10.1. The normalized spacial score (nSPS) is 16.3. The maximum atomic E-state index is 12.8. The van der Waals surface area contributed by atoms with Crippen molar-refractivity contribution in [3.05, 3.63) is 24.3 Å². The van der Waals surface area contributed by atoms with Gasteiger partial charge in [-0.1, -0.05) is 6.07 Å². The number of aliphatic hydroxyl groups is 1. The van der Waals surface area contributed by atoms with Crippen LogP contribution in [0.5, 0.6) is 0 Å². The van der Waals surface area contributed by atoms with Crippen LogP contribution < -0.4 is 5.32 Å². The molecule has 0 radical (unpaired) electrons. The molecular weight excluding hydrogens is 426 g/mol. The largest absolute Gasteiger partial charge is 0.389 e. The van der Waals surface area contributed by atoms with E-state index in [9.17, 15) is 18.3 Å². The average Bonchev–Trinajstić information content (AvgIpc) is 2.74. The van der Waals surface area contributed by atoms with Crippen LogP contribution in [0.25, 0.3) is 0 Å². The number of nitrogens with zero attached hydrogens (tertiary/aromatic N) is 2.